The lowest BCUT2D eigenvalue weighted by Crippen LogP contribution is -2.01. The number of pyridine rings is 1. The molecule has 4 nitrogen and oxygen atoms in total. The van der Waals surface area contributed by atoms with E-state index in [2.05, 4.69) is 22.1 Å². The molecule has 0 aliphatic heterocycles. The van der Waals surface area contributed by atoms with Crippen LogP contribution in [0.15, 0.2) is 24.5 Å². The van der Waals surface area contributed by atoms with Gasteiger partial charge in [0.05, 0.1) is 11.9 Å². The molecule has 0 aliphatic rings. The summed E-state index contributed by atoms with van der Waals surface area (Å²) in [7, 11) is 0. The highest BCUT2D eigenvalue weighted by Gasteiger charge is 2.10. The molecular weight excluding hydrogens is 212 g/mol. The molecule has 2 rings (SSSR count). The zero-order valence-electron chi connectivity index (χ0n) is 8.39. The van der Waals surface area contributed by atoms with Crippen LogP contribution in [0.1, 0.15) is 19.2 Å². The average molecular weight is 223 g/mol. The number of rotatable bonds is 3. The number of hydrogen-bond donors (Lipinski definition) is 0. The van der Waals surface area contributed by atoms with Crippen molar-refractivity contribution in [2.24, 2.45) is 0 Å². The summed E-state index contributed by atoms with van der Waals surface area (Å²) < 4.78 is 1.82. The van der Waals surface area contributed by atoms with Crippen LogP contribution in [-0.2, 0) is 6.42 Å². The van der Waals surface area contributed by atoms with E-state index in [1.165, 1.54) is 0 Å². The average Bonchev–Trinajstić information content (AvgIpc) is 2.62. The molecule has 0 aliphatic carbocycles. The van der Waals surface area contributed by atoms with Crippen molar-refractivity contribution in [3.05, 3.63) is 35.6 Å². The first kappa shape index (κ1) is 10.1. The lowest BCUT2D eigenvalue weighted by molar-refractivity contribution is 0.801. The van der Waals surface area contributed by atoms with Crippen LogP contribution in [0.2, 0.25) is 5.28 Å². The van der Waals surface area contributed by atoms with Crippen LogP contribution in [0.4, 0.5) is 0 Å². The summed E-state index contributed by atoms with van der Waals surface area (Å²) >= 11 is 5.98. The number of nitrogens with zero attached hydrogens (tertiary/aromatic N) is 4. The summed E-state index contributed by atoms with van der Waals surface area (Å²) in [4.78, 5) is 4.05. The molecule has 0 spiro atoms. The van der Waals surface area contributed by atoms with Gasteiger partial charge in [0.1, 0.15) is 5.82 Å². The van der Waals surface area contributed by atoms with Gasteiger partial charge in [0, 0.05) is 12.6 Å². The quantitative estimate of drug-likeness (QED) is 0.800. The lowest BCUT2D eigenvalue weighted by Gasteiger charge is -2.05. The fourth-order valence-corrected chi connectivity index (χ4v) is 1.65. The van der Waals surface area contributed by atoms with Crippen LogP contribution in [0.5, 0.6) is 0 Å². The Balaban J connectivity index is 2.47. The smallest absolute Gasteiger partial charge is 0.229 e. The summed E-state index contributed by atoms with van der Waals surface area (Å²) in [5, 5.41) is 8.28. The van der Waals surface area contributed by atoms with Gasteiger partial charge in [-0.15, -0.1) is 10.2 Å². The van der Waals surface area contributed by atoms with Gasteiger partial charge in [-0.2, -0.15) is 0 Å². The van der Waals surface area contributed by atoms with Gasteiger partial charge in [0.15, 0.2) is 0 Å². The molecule has 2 aromatic heterocycles. The summed E-state index contributed by atoms with van der Waals surface area (Å²) in [6, 6.07) is 3.79. The van der Waals surface area contributed by atoms with Crippen LogP contribution < -0.4 is 0 Å². The van der Waals surface area contributed by atoms with Gasteiger partial charge in [0.25, 0.3) is 0 Å². The zero-order valence-corrected chi connectivity index (χ0v) is 9.15. The maximum Gasteiger partial charge on any atom is 0.229 e. The molecular formula is C10H11ClN4. The van der Waals surface area contributed by atoms with Gasteiger partial charge in [0.2, 0.25) is 5.28 Å². The summed E-state index contributed by atoms with van der Waals surface area (Å²) in [6.07, 6.45) is 5.33. The highest BCUT2D eigenvalue weighted by atomic mass is 35.5. The number of aromatic nitrogens is 4. The molecule has 0 N–H and O–H groups in total. The van der Waals surface area contributed by atoms with E-state index in [9.17, 15) is 0 Å². The third-order valence-corrected chi connectivity index (χ3v) is 2.31. The fourth-order valence-electron chi connectivity index (χ4n) is 1.42. The topological polar surface area (TPSA) is 43.6 Å². The fraction of sp³-hybridized carbons (Fsp3) is 0.300. The van der Waals surface area contributed by atoms with E-state index in [0.29, 0.717) is 5.28 Å². The van der Waals surface area contributed by atoms with Gasteiger partial charge < -0.3 is 0 Å². The largest absolute Gasteiger partial charge is 0.268 e. The second kappa shape index (κ2) is 4.40. The summed E-state index contributed by atoms with van der Waals surface area (Å²) in [6.45, 7) is 2.09. The Bertz CT molecular complexity index is 438. The second-order valence-electron chi connectivity index (χ2n) is 3.18. The van der Waals surface area contributed by atoms with E-state index < -0.39 is 0 Å². The Morgan fingerprint density at radius 3 is 2.93 bits per heavy atom. The van der Waals surface area contributed by atoms with Gasteiger partial charge in [-0.05, 0) is 30.2 Å². The van der Waals surface area contributed by atoms with Crippen molar-refractivity contribution in [1.29, 1.82) is 0 Å². The van der Waals surface area contributed by atoms with Crippen LogP contribution in [0.25, 0.3) is 5.69 Å². The van der Waals surface area contributed by atoms with E-state index in [0.717, 1.165) is 24.4 Å². The monoisotopic (exact) mass is 222 g/mol. The van der Waals surface area contributed by atoms with Crippen molar-refractivity contribution in [2.45, 2.75) is 19.8 Å². The van der Waals surface area contributed by atoms with Gasteiger partial charge in [-0.25, -0.2) is 0 Å². The van der Waals surface area contributed by atoms with Gasteiger partial charge in [-0.3, -0.25) is 9.55 Å². The second-order valence-corrected chi connectivity index (χ2v) is 3.52. The highest BCUT2D eigenvalue weighted by molar-refractivity contribution is 6.28. The van der Waals surface area contributed by atoms with Crippen molar-refractivity contribution in [1.82, 2.24) is 19.7 Å². The normalized spacial score (nSPS) is 10.5. The number of hydrogen-bond acceptors (Lipinski definition) is 3. The molecule has 78 valence electrons. The molecule has 0 amide bonds. The molecule has 2 heterocycles. The van der Waals surface area contributed by atoms with E-state index in [4.69, 9.17) is 11.6 Å². The molecule has 0 saturated carbocycles. The lowest BCUT2D eigenvalue weighted by atomic mass is 10.3. The Hall–Kier alpha value is -1.42. The third-order valence-electron chi connectivity index (χ3n) is 2.07. The number of halogens is 1. The minimum absolute atomic E-state index is 0.381. The number of aryl methyl sites for hydroxylation is 1. The molecule has 15 heavy (non-hydrogen) atoms. The van der Waals surface area contributed by atoms with Crippen molar-refractivity contribution < 1.29 is 0 Å². The van der Waals surface area contributed by atoms with E-state index in [1.807, 2.05) is 16.7 Å². The van der Waals surface area contributed by atoms with E-state index >= 15 is 0 Å². The standard InChI is InChI=1S/C10H11ClN4/c1-2-4-9-13-14-10(11)15(9)8-5-3-6-12-7-8/h3,5-7H,2,4H2,1H3. The summed E-state index contributed by atoms with van der Waals surface area (Å²) in [5.74, 6) is 0.871. The minimum atomic E-state index is 0.381. The highest BCUT2D eigenvalue weighted by Crippen LogP contribution is 2.16. The molecule has 5 heteroatoms. The van der Waals surface area contributed by atoms with Crippen LogP contribution in [-0.4, -0.2) is 19.7 Å². The minimum Gasteiger partial charge on any atom is -0.268 e. The van der Waals surface area contributed by atoms with Crippen molar-refractivity contribution >= 4 is 11.6 Å². The predicted molar refractivity (Wildman–Crippen MR) is 58.2 cm³/mol. The molecule has 0 unspecified atom stereocenters. The maximum atomic E-state index is 5.98. The first-order valence-electron chi connectivity index (χ1n) is 4.83. The Labute approximate surface area is 92.9 Å². The Morgan fingerprint density at radius 1 is 1.40 bits per heavy atom. The van der Waals surface area contributed by atoms with Crippen molar-refractivity contribution in [2.75, 3.05) is 0 Å². The third kappa shape index (κ3) is 1.99. The molecule has 0 fully saturated rings. The summed E-state index contributed by atoms with van der Waals surface area (Å²) in [5.41, 5.74) is 0.899. The molecule has 0 saturated heterocycles. The van der Waals surface area contributed by atoms with Crippen LogP contribution in [0, 0.1) is 0 Å². The van der Waals surface area contributed by atoms with Gasteiger partial charge in [-0.1, -0.05) is 6.92 Å². The molecule has 0 atom stereocenters. The first-order chi connectivity index (χ1) is 7.33. The molecule has 2 aromatic rings. The molecule has 0 aromatic carbocycles. The Morgan fingerprint density at radius 2 is 2.27 bits per heavy atom. The Kier molecular flexibility index (Phi) is 2.97. The molecule has 0 radical (unpaired) electrons. The SMILES string of the molecule is CCCc1nnc(Cl)n1-c1cccnc1. The zero-order chi connectivity index (χ0) is 10.7. The van der Waals surface area contributed by atoms with Gasteiger partial charge >= 0.3 is 0 Å². The van der Waals surface area contributed by atoms with E-state index in [1.54, 1.807) is 12.4 Å². The van der Waals surface area contributed by atoms with Crippen molar-refractivity contribution in [3.63, 3.8) is 0 Å². The first-order valence-corrected chi connectivity index (χ1v) is 5.21. The van der Waals surface area contributed by atoms with E-state index in [-0.39, 0.29) is 0 Å². The van der Waals surface area contributed by atoms with Crippen LogP contribution >= 0.6 is 11.6 Å². The maximum absolute atomic E-state index is 5.98. The molecule has 0 bridgehead atoms. The van der Waals surface area contributed by atoms with Crippen molar-refractivity contribution in [3.8, 4) is 5.69 Å². The predicted octanol–water partition coefficient (Wildman–Crippen LogP) is 2.27. The van der Waals surface area contributed by atoms with Crippen LogP contribution in [0.3, 0.4) is 0 Å².